The Morgan fingerprint density at radius 2 is 1.89 bits per heavy atom. The first-order valence-corrected chi connectivity index (χ1v) is 9.22. The molecule has 0 amide bonds. The molecular weight excluding hydrogens is 372 g/mol. The molecule has 0 N–H and O–H groups in total. The Bertz CT molecular complexity index is 929. The van der Waals surface area contributed by atoms with E-state index in [1.54, 1.807) is 18.2 Å². The lowest BCUT2D eigenvalue weighted by atomic mass is 9.97. The average Bonchev–Trinajstić information content (AvgIpc) is 3.15. The minimum absolute atomic E-state index is 0.125. The molecule has 0 spiro atoms. The summed E-state index contributed by atoms with van der Waals surface area (Å²) in [6, 6.07) is 10.5. The van der Waals surface area contributed by atoms with Crippen LogP contribution < -0.4 is 0 Å². The van der Waals surface area contributed by atoms with E-state index in [2.05, 4.69) is 15.0 Å². The zero-order chi connectivity index (χ0) is 18.8. The average molecular weight is 390 g/mol. The second-order valence-corrected chi connectivity index (χ2v) is 7.18. The second kappa shape index (κ2) is 7.74. The Balaban J connectivity index is 1.46. The summed E-state index contributed by atoms with van der Waals surface area (Å²) >= 11 is 6.15. The molecule has 0 bridgehead atoms. The third-order valence-electron chi connectivity index (χ3n) is 4.81. The predicted molar refractivity (Wildman–Crippen MR) is 98.4 cm³/mol. The van der Waals surface area contributed by atoms with Crippen molar-refractivity contribution >= 4 is 11.6 Å². The third kappa shape index (κ3) is 4.17. The number of hydrogen-bond donors (Lipinski definition) is 0. The molecule has 1 aromatic heterocycles. The molecule has 3 aromatic rings. The number of nitrogens with zero attached hydrogens (tertiary/aromatic N) is 3. The minimum atomic E-state index is -0.334. The quantitative estimate of drug-likeness (QED) is 0.626. The van der Waals surface area contributed by atoms with E-state index >= 15 is 0 Å². The van der Waals surface area contributed by atoms with E-state index in [4.69, 9.17) is 16.1 Å². The first kappa shape index (κ1) is 18.1. The van der Waals surface area contributed by atoms with Gasteiger partial charge < -0.3 is 4.52 Å². The van der Waals surface area contributed by atoms with Crippen LogP contribution in [0.5, 0.6) is 0 Å². The Labute approximate surface area is 160 Å². The van der Waals surface area contributed by atoms with Crippen molar-refractivity contribution in [1.29, 1.82) is 0 Å². The third-order valence-corrected chi connectivity index (χ3v) is 5.16. The summed E-state index contributed by atoms with van der Waals surface area (Å²) in [7, 11) is 0. The molecule has 1 aliphatic heterocycles. The summed E-state index contributed by atoms with van der Waals surface area (Å²) in [4.78, 5) is 6.76. The standard InChI is InChI=1S/C20H18ClF2N3O/c21-18-10-17(23)8-5-14(18)11-26-9-1-2-15(12-26)20-24-19(25-27-20)13-3-6-16(22)7-4-13/h3-8,10,15H,1-2,9,11-12H2/t15-/m1/s1. The summed E-state index contributed by atoms with van der Waals surface area (Å²) in [6.45, 7) is 2.34. The van der Waals surface area contributed by atoms with E-state index in [9.17, 15) is 8.78 Å². The van der Waals surface area contributed by atoms with Crippen LogP contribution in [0.1, 0.15) is 30.2 Å². The fourth-order valence-electron chi connectivity index (χ4n) is 3.41. The molecule has 4 rings (SSSR count). The Kier molecular flexibility index (Phi) is 5.18. The van der Waals surface area contributed by atoms with Crippen molar-refractivity contribution in [2.24, 2.45) is 0 Å². The van der Waals surface area contributed by atoms with Gasteiger partial charge in [-0.05, 0) is 61.3 Å². The van der Waals surface area contributed by atoms with Crippen molar-refractivity contribution in [3.63, 3.8) is 0 Å². The van der Waals surface area contributed by atoms with Gasteiger partial charge in [0.05, 0.1) is 5.92 Å². The van der Waals surface area contributed by atoms with Gasteiger partial charge in [-0.3, -0.25) is 4.90 Å². The monoisotopic (exact) mass is 389 g/mol. The van der Waals surface area contributed by atoms with E-state index in [0.717, 1.165) is 37.1 Å². The van der Waals surface area contributed by atoms with E-state index < -0.39 is 0 Å². The van der Waals surface area contributed by atoms with Gasteiger partial charge in [0.1, 0.15) is 11.6 Å². The number of likely N-dealkylation sites (tertiary alicyclic amines) is 1. The molecule has 1 saturated heterocycles. The molecule has 27 heavy (non-hydrogen) atoms. The van der Waals surface area contributed by atoms with Gasteiger partial charge in [0.15, 0.2) is 0 Å². The van der Waals surface area contributed by atoms with Gasteiger partial charge in [-0.15, -0.1) is 0 Å². The first-order chi connectivity index (χ1) is 13.1. The molecular formula is C20H18ClF2N3O. The van der Waals surface area contributed by atoms with Crippen LogP contribution in [0, 0.1) is 11.6 Å². The Morgan fingerprint density at radius 3 is 2.67 bits per heavy atom. The first-order valence-electron chi connectivity index (χ1n) is 8.84. The fraction of sp³-hybridized carbons (Fsp3) is 0.300. The predicted octanol–water partition coefficient (Wildman–Crippen LogP) is 5.05. The highest BCUT2D eigenvalue weighted by Crippen LogP contribution is 2.29. The fourth-order valence-corrected chi connectivity index (χ4v) is 3.64. The van der Waals surface area contributed by atoms with Crippen molar-refractivity contribution in [3.05, 3.63) is 70.6 Å². The minimum Gasteiger partial charge on any atom is -0.339 e. The molecule has 7 heteroatoms. The van der Waals surface area contributed by atoms with Crippen LogP contribution in [-0.4, -0.2) is 28.1 Å². The lowest BCUT2D eigenvalue weighted by Crippen LogP contribution is -2.34. The molecule has 1 atom stereocenters. The van der Waals surface area contributed by atoms with Crippen molar-refractivity contribution in [2.75, 3.05) is 13.1 Å². The van der Waals surface area contributed by atoms with E-state index in [0.29, 0.717) is 23.3 Å². The largest absolute Gasteiger partial charge is 0.339 e. The molecule has 1 aliphatic rings. The lowest BCUT2D eigenvalue weighted by Gasteiger charge is -2.31. The summed E-state index contributed by atoms with van der Waals surface area (Å²) in [6.07, 6.45) is 1.95. The normalized spacial score (nSPS) is 18.0. The van der Waals surface area contributed by atoms with Gasteiger partial charge in [0, 0.05) is 23.7 Å². The van der Waals surface area contributed by atoms with Gasteiger partial charge in [-0.25, -0.2) is 8.78 Å². The molecule has 2 heterocycles. The number of aromatic nitrogens is 2. The van der Waals surface area contributed by atoms with Gasteiger partial charge >= 0.3 is 0 Å². The lowest BCUT2D eigenvalue weighted by molar-refractivity contribution is 0.180. The number of piperidine rings is 1. The van der Waals surface area contributed by atoms with Crippen LogP contribution in [0.4, 0.5) is 8.78 Å². The van der Waals surface area contributed by atoms with Crippen molar-refractivity contribution in [3.8, 4) is 11.4 Å². The highest BCUT2D eigenvalue weighted by atomic mass is 35.5. The topological polar surface area (TPSA) is 42.2 Å². The number of benzene rings is 2. The number of hydrogen-bond acceptors (Lipinski definition) is 4. The van der Waals surface area contributed by atoms with E-state index in [1.165, 1.54) is 24.3 Å². The summed E-state index contributed by atoms with van der Waals surface area (Å²) in [5.41, 5.74) is 1.62. The van der Waals surface area contributed by atoms with Gasteiger partial charge in [-0.2, -0.15) is 4.98 Å². The Morgan fingerprint density at radius 1 is 1.11 bits per heavy atom. The highest BCUT2D eigenvalue weighted by Gasteiger charge is 2.26. The molecule has 4 nitrogen and oxygen atoms in total. The molecule has 0 radical (unpaired) electrons. The van der Waals surface area contributed by atoms with Crippen LogP contribution in [0.3, 0.4) is 0 Å². The number of rotatable bonds is 4. The maximum atomic E-state index is 13.2. The SMILES string of the molecule is Fc1ccc(-c2noc([C@@H]3CCCN(Cc4ccc(F)cc4Cl)C3)n2)cc1. The van der Waals surface area contributed by atoms with Crippen LogP contribution in [-0.2, 0) is 6.54 Å². The molecule has 1 fully saturated rings. The summed E-state index contributed by atoms with van der Waals surface area (Å²) < 4.78 is 31.8. The molecule has 0 unspecified atom stereocenters. The summed E-state index contributed by atoms with van der Waals surface area (Å²) in [5.74, 6) is 0.539. The van der Waals surface area contributed by atoms with Crippen molar-refractivity contribution in [1.82, 2.24) is 15.0 Å². The van der Waals surface area contributed by atoms with Crippen LogP contribution in [0.2, 0.25) is 5.02 Å². The molecule has 140 valence electrons. The van der Waals surface area contributed by atoms with Crippen molar-refractivity contribution < 1.29 is 13.3 Å². The zero-order valence-corrected chi connectivity index (χ0v) is 15.3. The van der Waals surface area contributed by atoms with E-state index in [-0.39, 0.29) is 17.6 Å². The maximum absolute atomic E-state index is 13.2. The molecule has 0 aliphatic carbocycles. The second-order valence-electron chi connectivity index (χ2n) is 6.77. The van der Waals surface area contributed by atoms with Crippen molar-refractivity contribution in [2.45, 2.75) is 25.3 Å². The van der Waals surface area contributed by atoms with Gasteiger partial charge in [0.25, 0.3) is 0 Å². The maximum Gasteiger partial charge on any atom is 0.231 e. The molecule has 0 saturated carbocycles. The van der Waals surface area contributed by atoms with Crippen LogP contribution in [0.15, 0.2) is 47.0 Å². The molecule has 2 aromatic carbocycles. The van der Waals surface area contributed by atoms with Gasteiger partial charge in [0.2, 0.25) is 11.7 Å². The zero-order valence-electron chi connectivity index (χ0n) is 14.5. The summed E-state index contributed by atoms with van der Waals surface area (Å²) in [5, 5.41) is 4.47. The van der Waals surface area contributed by atoms with Gasteiger partial charge in [-0.1, -0.05) is 22.8 Å². The van der Waals surface area contributed by atoms with Crippen LogP contribution in [0.25, 0.3) is 11.4 Å². The smallest absolute Gasteiger partial charge is 0.231 e. The highest BCUT2D eigenvalue weighted by molar-refractivity contribution is 6.31. The number of halogens is 3. The Hall–Kier alpha value is -2.31. The van der Waals surface area contributed by atoms with Crippen LogP contribution >= 0.6 is 11.6 Å². The van der Waals surface area contributed by atoms with E-state index in [1.807, 2.05) is 0 Å².